The lowest BCUT2D eigenvalue weighted by atomic mass is 10.1. The molecule has 1 aliphatic carbocycles. The maximum Gasteiger partial charge on any atom is 0.311 e. The van der Waals surface area contributed by atoms with Crippen molar-refractivity contribution < 1.29 is 19.5 Å². The van der Waals surface area contributed by atoms with Gasteiger partial charge in [-0.15, -0.1) is 0 Å². The van der Waals surface area contributed by atoms with E-state index in [4.69, 9.17) is 5.11 Å². The zero-order chi connectivity index (χ0) is 16.4. The number of carbonyl (C=O) groups excluding carboxylic acids is 2. The number of carboxylic acids is 1. The minimum atomic E-state index is -0.885. The normalized spacial score (nSPS) is 19.0. The lowest BCUT2D eigenvalue weighted by Crippen LogP contribution is -2.42. The molecule has 0 atom stereocenters. The van der Waals surface area contributed by atoms with Crippen LogP contribution in [-0.2, 0) is 14.4 Å². The second kappa shape index (κ2) is 5.83. The van der Waals surface area contributed by atoms with Crippen LogP contribution in [0.2, 0.25) is 0 Å². The number of anilines is 1. The third kappa shape index (κ3) is 3.08. The van der Waals surface area contributed by atoms with Gasteiger partial charge in [-0.25, -0.2) is 5.01 Å². The molecule has 3 rings (SSSR count). The van der Waals surface area contributed by atoms with Crippen LogP contribution in [-0.4, -0.2) is 35.1 Å². The van der Waals surface area contributed by atoms with Crippen molar-refractivity contribution in [2.24, 2.45) is 10.5 Å². The minimum Gasteiger partial charge on any atom is -0.481 e. The Bertz CT molecular complexity index is 680. The van der Waals surface area contributed by atoms with Gasteiger partial charge in [0.25, 0.3) is 5.91 Å². The number of carbonyl (C=O) groups is 3. The number of hydrogen-bond donors (Lipinski definition) is 2. The fraction of sp³-hybridized carbons (Fsp3) is 0.375. The lowest BCUT2D eigenvalue weighted by molar-refractivity contribution is -0.143. The minimum absolute atomic E-state index is 0.0967. The Balaban J connectivity index is 1.70. The van der Waals surface area contributed by atoms with Crippen molar-refractivity contribution in [3.05, 3.63) is 30.3 Å². The number of hydrazone groups is 1. The highest BCUT2D eigenvalue weighted by molar-refractivity contribution is 6.40. The predicted molar refractivity (Wildman–Crippen MR) is 82.9 cm³/mol. The number of aliphatic carboxylic acids is 1. The molecule has 0 saturated heterocycles. The van der Waals surface area contributed by atoms with Gasteiger partial charge in [0, 0.05) is 19.4 Å². The maximum atomic E-state index is 12.2. The largest absolute Gasteiger partial charge is 0.481 e. The Morgan fingerprint density at radius 3 is 2.52 bits per heavy atom. The summed E-state index contributed by atoms with van der Waals surface area (Å²) in [6.07, 6.45) is 1.60. The number of hydrogen-bond acceptors (Lipinski definition) is 4. The summed E-state index contributed by atoms with van der Waals surface area (Å²) in [5.41, 5.74) is 0.0288. The number of carboxylic acid groups (broad SMARTS) is 1. The average Bonchev–Trinajstić information content (AvgIpc) is 3.35. The van der Waals surface area contributed by atoms with Crippen LogP contribution in [0.1, 0.15) is 25.7 Å². The molecular formula is C16H17N3O4. The van der Waals surface area contributed by atoms with Crippen molar-refractivity contribution in [3.8, 4) is 0 Å². The van der Waals surface area contributed by atoms with Gasteiger partial charge in [0.1, 0.15) is 5.71 Å². The topological polar surface area (TPSA) is 99.1 Å². The fourth-order valence-electron chi connectivity index (χ4n) is 2.46. The summed E-state index contributed by atoms with van der Waals surface area (Å²) in [6.45, 7) is 0.0967. The highest BCUT2D eigenvalue weighted by Crippen LogP contribution is 2.45. The summed E-state index contributed by atoms with van der Waals surface area (Å²) in [5, 5.41) is 17.1. The third-order valence-corrected chi connectivity index (χ3v) is 4.19. The van der Waals surface area contributed by atoms with Gasteiger partial charge < -0.3 is 10.4 Å². The summed E-state index contributed by atoms with van der Waals surface area (Å²) in [7, 11) is 0. The number of nitrogens with one attached hydrogen (secondary N) is 1. The van der Waals surface area contributed by atoms with Crippen molar-refractivity contribution >= 4 is 29.2 Å². The lowest BCUT2D eigenvalue weighted by Gasteiger charge is -2.23. The summed E-state index contributed by atoms with van der Waals surface area (Å²) in [5.74, 6) is -1.47. The first kappa shape index (κ1) is 15.2. The number of para-hydroxylation sites is 1. The Morgan fingerprint density at radius 2 is 1.91 bits per heavy atom. The molecule has 0 bridgehead atoms. The highest BCUT2D eigenvalue weighted by Gasteiger charge is 2.50. The fourth-order valence-corrected chi connectivity index (χ4v) is 2.46. The molecule has 0 aromatic heterocycles. The molecule has 1 aliphatic heterocycles. The van der Waals surface area contributed by atoms with Gasteiger partial charge in [0.2, 0.25) is 5.91 Å². The van der Waals surface area contributed by atoms with Gasteiger partial charge in [-0.3, -0.25) is 14.4 Å². The van der Waals surface area contributed by atoms with Crippen molar-refractivity contribution in [2.45, 2.75) is 25.7 Å². The van der Waals surface area contributed by atoms with Crippen molar-refractivity contribution in [3.63, 3.8) is 0 Å². The first-order valence-corrected chi connectivity index (χ1v) is 7.49. The second-order valence-electron chi connectivity index (χ2n) is 5.86. The number of rotatable bonds is 5. The molecule has 7 heteroatoms. The van der Waals surface area contributed by atoms with E-state index in [2.05, 4.69) is 10.4 Å². The smallest absolute Gasteiger partial charge is 0.311 e. The van der Waals surface area contributed by atoms with Gasteiger partial charge >= 0.3 is 5.97 Å². The van der Waals surface area contributed by atoms with Crippen LogP contribution in [0.5, 0.6) is 0 Å². The number of nitrogens with zero attached hydrogens (tertiary/aromatic N) is 2. The van der Waals surface area contributed by atoms with Crippen LogP contribution in [0.25, 0.3) is 0 Å². The molecule has 1 aromatic rings. The first-order valence-electron chi connectivity index (χ1n) is 7.49. The molecule has 1 heterocycles. The standard InChI is InChI=1S/C16H17N3O4/c20-13-7-6-12(18-19(13)11-4-2-1-3-5-11)14(21)17-10-16(8-9-16)15(22)23/h1-5H,6-10H2,(H,17,21)(H,22,23). The molecule has 0 unspecified atom stereocenters. The molecule has 1 saturated carbocycles. The van der Waals surface area contributed by atoms with E-state index in [9.17, 15) is 14.4 Å². The molecule has 0 spiro atoms. The molecule has 1 aromatic carbocycles. The van der Waals surface area contributed by atoms with Gasteiger partial charge in [-0.1, -0.05) is 18.2 Å². The zero-order valence-electron chi connectivity index (χ0n) is 12.5. The number of amides is 2. The van der Waals surface area contributed by atoms with Crippen LogP contribution in [0, 0.1) is 5.41 Å². The van der Waals surface area contributed by atoms with Gasteiger partial charge in [0.05, 0.1) is 11.1 Å². The Labute approximate surface area is 133 Å². The maximum absolute atomic E-state index is 12.2. The van der Waals surface area contributed by atoms with Crippen molar-refractivity contribution in [1.82, 2.24) is 5.32 Å². The van der Waals surface area contributed by atoms with Gasteiger partial charge in [-0.05, 0) is 25.0 Å². The Kier molecular flexibility index (Phi) is 3.85. The van der Waals surface area contributed by atoms with E-state index < -0.39 is 17.3 Å². The molecular weight excluding hydrogens is 298 g/mol. The van der Waals surface area contributed by atoms with Crippen molar-refractivity contribution in [2.75, 3.05) is 11.6 Å². The van der Waals surface area contributed by atoms with Crippen LogP contribution in [0.4, 0.5) is 5.69 Å². The SMILES string of the molecule is O=C(NCC1(C(=O)O)CC1)C1=NN(c2ccccc2)C(=O)CC1. The highest BCUT2D eigenvalue weighted by atomic mass is 16.4. The van der Waals surface area contributed by atoms with Gasteiger partial charge in [-0.2, -0.15) is 5.10 Å². The predicted octanol–water partition coefficient (Wildman–Crippen LogP) is 1.15. The summed E-state index contributed by atoms with van der Waals surface area (Å²) >= 11 is 0. The number of benzene rings is 1. The first-order chi connectivity index (χ1) is 11.0. The molecule has 120 valence electrons. The molecule has 7 nitrogen and oxygen atoms in total. The van der Waals surface area contributed by atoms with E-state index in [0.29, 0.717) is 18.5 Å². The van der Waals surface area contributed by atoms with Crippen LogP contribution >= 0.6 is 0 Å². The molecule has 1 fully saturated rings. The Morgan fingerprint density at radius 1 is 1.22 bits per heavy atom. The van der Waals surface area contributed by atoms with E-state index in [-0.39, 0.29) is 31.0 Å². The molecule has 2 amide bonds. The Hall–Kier alpha value is -2.70. The van der Waals surface area contributed by atoms with Crippen LogP contribution in [0.3, 0.4) is 0 Å². The monoisotopic (exact) mass is 315 g/mol. The van der Waals surface area contributed by atoms with Crippen molar-refractivity contribution in [1.29, 1.82) is 0 Å². The molecule has 2 aliphatic rings. The summed E-state index contributed by atoms with van der Waals surface area (Å²) in [6, 6.07) is 8.89. The molecule has 2 N–H and O–H groups in total. The van der Waals surface area contributed by atoms with E-state index in [1.54, 1.807) is 24.3 Å². The molecule has 23 heavy (non-hydrogen) atoms. The second-order valence-corrected chi connectivity index (χ2v) is 5.86. The average molecular weight is 315 g/mol. The van der Waals surface area contributed by atoms with E-state index in [1.807, 2.05) is 6.07 Å². The van der Waals surface area contributed by atoms with E-state index in [0.717, 1.165) is 0 Å². The van der Waals surface area contributed by atoms with E-state index in [1.165, 1.54) is 5.01 Å². The quantitative estimate of drug-likeness (QED) is 0.851. The van der Waals surface area contributed by atoms with E-state index >= 15 is 0 Å². The summed E-state index contributed by atoms with van der Waals surface area (Å²) in [4.78, 5) is 35.3. The molecule has 0 radical (unpaired) electrons. The zero-order valence-corrected chi connectivity index (χ0v) is 12.5. The summed E-state index contributed by atoms with van der Waals surface area (Å²) < 4.78 is 0. The van der Waals surface area contributed by atoms with Crippen LogP contribution in [0.15, 0.2) is 35.4 Å². The van der Waals surface area contributed by atoms with Gasteiger partial charge in [0.15, 0.2) is 0 Å². The third-order valence-electron chi connectivity index (χ3n) is 4.19. The van der Waals surface area contributed by atoms with Crippen LogP contribution < -0.4 is 10.3 Å².